The number of nitrogens with zero attached hydrogens (tertiary/aromatic N) is 2. The number of hydrogen-bond donors (Lipinski definition) is 1. The van der Waals surface area contributed by atoms with Crippen molar-refractivity contribution in [3.05, 3.63) is 41.7 Å². The Bertz CT molecular complexity index is 670. The van der Waals surface area contributed by atoms with Crippen molar-refractivity contribution in [3.63, 3.8) is 0 Å². The zero-order chi connectivity index (χ0) is 15.0. The molecule has 1 aromatic carbocycles. The summed E-state index contributed by atoms with van der Waals surface area (Å²) in [5.74, 6) is 0.640. The summed E-state index contributed by atoms with van der Waals surface area (Å²) in [7, 11) is 0. The number of benzene rings is 1. The first-order chi connectivity index (χ1) is 9.97. The first-order valence-electron chi connectivity index (χ1n) is 7.06. The smallest absolute Gasteiger partial charge is 0.278 e. The lowest BCUT2D eigenvalue weighted by Crippen LogP contribution is -2.38. The maximum absolute atomic E-state index is 12.7. The number of H-pyrrole nitrogens is 1. The molecule has 0 atom stereocenters. The minimum absolute atomic E-state index is 0.0611. The van der Waals surface area contributed by atoms with Gasteiger partial charge in [-0.2, -0.15) is 5.10 Å². The number of rotatable bonds is 1. The molecular weight excluding hydrogens is 266 g/mol. The van der Waals surface area contributed by atoms with E-state index in [9.17, 15) is 4.79 Å². The number of fused-ring (bicyclic) bond motifs is 1. The maximum atomic E-state index is 12.7. The Morgan fingerprint density at radius 1 is 1.33 bits per heavy atom. The Morgan fingerprint density at radius 3 is 2.81 bits per heavy atom. The van der Waals surface area contributed by atoms with E-state index in [2.05, 4.69) is 31.0 Å². The predicted octanol–water partition coefficient (Wildman–Crippen LogP) is 2.75. The van der Waals surface area contributed by atoms with Gasteiger partial charge in [-0.15, -0.1) is 0 Å². The lowest BCUT2D eigenvalue weighted by molar-refractivity contribution is 0.0972. The minimum Gasteiger partial charge on any atom is -0.490 e. The number of para-hydroxylation sites is 2. The van der Waals surface area contributed by atoms with Crippen LogP contribution in [0.25, 0.3) is 0 Å². The third kappa shape index (κ3) is 2.51. The van der Waals surface area contributed by atoms with E-state index in [0.29, 0.717) is 18.8 Å². The second kappa shape index (κ2) is 4.91. The largest absolute Gasteiger partial charge is 0.490 e. The predicted molar refractivity (Wildman–Crippen MR) is 80.9 cm³/mol. The molecule has 1 aliphatic heterocycles. The number of amides is 1. The Kier molecular flexibility index (Phi) is 3.20. The van der Waals surface area contributed by atoms with Gasteiger partial charge < -0.3 is 9.64 Å². The Labute approximate surface area is 123 Å². The molecule has 0 bridgehead atoms. The van der Waals surface area contributed by atoms with Crippen molar-refractivity contribution in [2.75, 3.05) is 18.1 Å². The van der Waals surface area contributed by atoms with Gasteiger partial charge in [-0.05, 0) is 18.2 Å². The first-order valence-corrected chi connectivity index (χ1v) is 7.06. The summed E-state index contributed by atoms with van der Waals surface area (Å²) in [6.45, 7) is 7.28. The van der Waals surface area contributed by atoms with Crippen LogP contribution < -0.4 is 9.64 Å². The van der Waals surface area contributed by atoms with Crippen LogP contribution in [0.3, 0.4) is 0 Å². The van der Waals surface area contributed by atoms with Crippen molar-refractivity contribution >= 4 is 11.6 Å². The topological polar surface area (TPSA) is 58.2 Å². The molecule has 3 rings (SSSR count). The van der Waals surface area contributed by atoms with Crippen LogP contribution in [0.2, 0.25) is 0 Å². The molecule has 0 radical (unpaired) electrons. The van der Waals surface area contributed by atoms with Crippen molar-refractivity contribution < 1.29 is 9.53 Å². The molecule has 0 saturated heterocycles. The van der Waals surface area contributed by atoms with Crippen LogP contribution in [0.4, 0.5) is 5.69 Å². The van der Waals surface area contributed by atoms with E-state index in [0.717, 1.165) is 17.1 Å². The van der Waals surface area contributed by atoms with E-state index in [4.69, 9.17) is 4.74 Å². The van der Waals surface area contributed by atoms with E-state index in [1.165, 1.54) is 0 Å². The highest BCUT2D eigenvalue weighted by Gasteiger charge is 2.27. The number of carbonyl (C=O) groups is 1. The average molecular weight is 285 g/mol. The molecule has 21 heavy (non-hydrogen) atoms. The van der Waals surface area contributed by atoms with Crippen LogP contribution in [0.15, 0.2) is 30.3 Å². The van der Waals surface area contributed by atoms with E-state index < -0.39 is 0 Å². The number of aromatic amines is 1. The molecule has 0 fully saturated rings. The molecule has 0 aliphatic carbocycles. The third-order valence-electron chi connectivity index (χ3n) is 3.58. The van der Waals surface area contributed by atoms with Crippen LogP contribution in [-0.2, 0) is 5.41 Å². The van der Waals surface area contributed by atoms with Crippen LogP contribution in [0.5, 0.6) is 5.75 Å². The average Bonchev–Trinajstić information content (AvgIpc) is 2.96. The Balaban J connectivity index is 1.92. The molecule has 1 amide bonds. The Hall–Kier alpha value is -2.30. The van der Waals surface area contributed by atoms with Gasteiger partial charge in [0.2, 0.25) is 0 Å². The van der Waals surface area contributed by atoms with Crippen LogP contribution in [0.1, 0.15) is 37.0 Å². The molecule has 0 saturated carbocycles. The summed E-state index contributed by atoms with van der Waals surface area (Å²) >= 11 is 0. The monoisotopic (exact) mass is 285 g/mol. The highest BCUT2D eigenvalue weighted by atomic mass is 16.5. The fourth-order valence-corrected chi connectivity index (χ4v) is 2.33. The first kappa shape index (κ1) is 13.7. The summed E-state index contributed by atoms with van der Waals surface area (Å²) in [5, 5.41) is 7.13. The second-order valence-electron chi connectivity index (χ2n) is 6.19. The molecule has 1 aromatic heterocycles. The fourth-order valence-electron chi connectivity index (χ4n) is 2.33. The zero-order valence-electron chi connectivity index (χ0n) is 12.5. The molecular formula is C16H19N3O2. The van der Waals surface area contributed by atoms with Crippen LogP contribution >= 0.6 is 0 Å². The summed E-state index contributed by atoms with van der Waals surface area (Å²) in [5.41, 5.74) is 2.13. The lowest BCUT2D eigenvalue weighted by atomic mass is 9.92. The summed E-state index contributed by atoms with van der Waals surface area (Å²) < 4.78 is 5.58. The number of aromatic nitrogens is 2. The van der Waals surface area contributed by atoms with Crippen molar-refractivity contribution in [2.45, 2.75) is 26.2 Å². The molecule has 1 N–H and O–H groups in total. The van der Waals surface area contributed by atoms with Crippen LogP contribution in [-0.4, -0.2) is 29.3 Å². The van der Waals surface area contributed by atoms with Crippen molar-refractivity contribution in [3.8, 4) is 5.75 Å². The fraction of sp³-hybridized carbons (Fsp3) is 0.375. The van der Waals surface area contributed by atoms with Gasteiger partial charge in [0.25, 0.3) is 5.91 Å². The minimum atomic E-state index is -0.0995. The maximum Gasteiger partial charge on any atom is 0.278 e. The van der Waals surface area contributed by atoms with Gasteiger partial charge in [0.15, 0.2) is 5.69 Å². The van der Waals surface area contributed by atoms with E-state index >= 15 is 0 Å². The molecule has 110 valence electrons. The van der Waals surface area contributed by atoms with Crippen molar-refractivity contribution in [2.24, 2.45) is 0 Å². The lowest BCUT2D eigenvalue weighted by Gasteiger charge is -2.28. The normalized spacial score (nSPS) is 14.5. The van der Waals surface area contributed by atoms with E-state index in [1.54, 1.807) is 4.90 Å². The van der Waals surface area contributed by atoms with Gasteiger partial charge in [0.05, 0.1) is 12.2 Å². The van der Waals surface area contributed by atoms with Crippen LogP contribution in [0, 0.1) is 0 Å². The number of nitrogens with one attached hydrogen (secondary N) is 1. The molecule has 0 unspecified atom stereocenters. The quantitative estimate of drug-likeness (QED) is 0.876. The molecule has 2 heterocycles. The SMILES string of the molecule is CC(C)(C)c1cc(C(=O)N2CCOc3ccccc32)n[nH]1. The third-order valence-corrected chi connectivity index (χ3v) is 3.58. The number of ether oxygens (including phenoxy) is 1. The molecule has 2 aromatic rings. The van der Waals surface area contributed by atoms with Gasteiger partial charge in [-0.3, -0.25) is 9.89 Å². The summed E-state index contributed by atoms with van der Waals surface area (Å²) in [4.78, 5) is 14.4. The number of carbonyl (C=O) groups excluding carboxylic acids is 1. The van der Waals surface area contributed by atoms with Crippen molar-refractivity contribution in [1.82, 2.24) is 10.2 Å². The summed E-state index contributed by atoms with van der Waals surface area (Å²) in [6.07, 6.45) is 0. The summed E-state index contributed by atoms with van der Waals surface area (Å²) in [6, 6.07) is 9.40. The van der Waals surface area contributed by atoms with Crippen molar-refractivity contribution in [1.29, 1.82) is 0 Å². The molecule has 1 aliphatic rings. The van der Waals surface area contributed by atoms with Gasteiger partial charge in [-0.25, -0.2) is 0 Å². The standard InChI is InChI=1S/C16H19N3O2/c1-16(2,3)14-10-11(17-18-14)15(20)19-8-9-21-13-7-5-4-6-12(13)19/h4-7,10H,8-9H2,1-3H3,(H,17,18). The Morgan fingerprint density at radius 2 is 2.10 bits per heavy atom. The highest BCUT2D eigenvalue weighted by molar-refractivity contribution is 6.05. The van der Waals surface area contributed by atoms with E-state index in [-0.39, 0.29) is 11.3 Å². The van der Waals surface area contributed by atoms with E-state index in [1.807, 2.05) is 30.3 Å². The van der Waals surface area contributed by atoms with Gasteiger partial charge >= 0.3 is 0 Å². The molecule has 5 heteroatoms. The zero-order valence-corrected chi connectivity index (χ0v) is 12.5. The molecule has 5 nitrogen and oxygen atoms in total. The highest BCUT2D eigenvalue weighted by Crippen LogP contribution is 2.32. The second-order valence-corrected chi connectivity index (χ2v) is 6.19. The van der Waals surface area contributed by atoms with Gasteiger partial charge in [0.1, 0.15) is 12.4 Å². The number of hydrogen-bond acceptors (Lipinski definition) is 3. The number of anilines is 1. The van der Waals surface area contributed by atoms with Gasteiger partial charge in [0, 0.05) is 11.1 Å². The molecule has 0 spiro atoms. The van der Waals surface area contributed by atoms with Gasteiger partial charge in [-0.1, -0.05) is 32.9 Å².